The maximum absolute atomic E-state index is 5.93. The van der Waals surface area contributed by atoms with E-state index in [1.165, 1.54) is 5.56 Å². The Morgan fingerprint density at radius 1 is 1.32 bits per heavy atom. The number of benzene rings is 1. The normalized spacial score (nSPS) is 12.6. The summed E-state index contributed by atoms with van der Waals surface area (Å²) >= 11 is 5.93. The second-order valence-electron chi connectivity index (χ2n) is 4.71. The Kier molecular flexibility index (Phi) is 5.00. The number of nitrogens with one attached hydrogen (secondary N) is 1. The molecule has 1 aromatic heterocycles. The third-order valence-electron chi connectivity index (χ3n) is 3.05. The van der Waals surface area contributed by atoms with Crippen LogP contribution in [0.1, 0.15) is 42.8 Å². The van der Waals surface area contributed by atoms with Gasteiger partial charge in [0.05, 0.1) is 12.2 Å². The van der Waals surface area contributed by atoms with Crippen LogP contribution in [0.25, 0.3) is 0 Å². The Balaban J connectivity index is 2.01. The van der Waals surface area contributed by atoms with Gasteiger partial charge in [0.15, 0.2) is 5.76 Å². The molecule has 1 aromatic carbocycles. The molecule has 2 aromatic rings. The smallest absolute Gasteiger partial charge is 0.150 e. The first-order chi connectivity index (χ1) is 9.19. The fourth-order valence-corrected chi connectivity index (χ4v) is 2.22. The molecule has 1 atom stereocenters. The highest BCUT2D eigenvalue weighted by Crippen LogP contribution is 2.21. The highest BCUT2D eigenvalue weighted by Gasteiger charge is 2.11. The van der Waals surface area contributed by atoms with Gasteiger partial charge in [0.2, 0.25) is 0 Å². The van der Waals surface area contributed by atoms with E-state index in [1.54, 1.807) is 0 Å². The van der Waals surface area contributed by atoms with E-state index in [0.29, 0.717) is 12.6 Å². The second kappa shape index (κ2) is 6.73. The van der Waals surface area contributed by atoms with Gasteiger partial charge in [-0.3, -0.25) is 0 Å². The van der Waals surface area contributed by atoms with Gasteiger partial charge in [0, 0.05) is 17.1 Å². The number of halogens is 1. The molecule has 19 heavy (non-hydrogen) atoms. The molecule has 0 bridgehead atoms. The van der Waals surface area contributed by atoms with Crippen LogP contribution in [0.2, 0.25) is 5.02 Å². The molecule has 3 nitrogen and oxygen atoms in total. The topological polar surface area (TPSA) is 38.1 Å². The zero-order valence-corrected chi connectivity index (χ0v) is 12.1. The Bertz CT molecular complexity index is 507. The number of hydrogen-bond acceptors (Lipinski definition) is 3. The lowest BCUT2D eigenvalue weighted by atomic mass is 10.0. The van der Waals surface area contributed by atoms with E-state index in [1.807, 2.05) is 25.1 Å². The lowest BCUT2D eigenvalue weighted by molar-refractivity contribution is 0.357. The number of aromatic nitrogens is 1. The molecule has 0 saturated carbocycles. The largest absolute Gasteiger partial charge is 0.360 e. The van der Waals surface area contributed by atoms with Gasteiger partial charge in [0.25, 0.3) is 0 Å². The minimum absolute atomic E-state index is 0.313. The molecule has 1 heterocycles. The van der Waals surface area contributed by atoms with Crippen molar-refractivity contribution >= 4 is 11.6 Å². The summed E-state index contributed by atoms with van der Waals surface area (Å²) in [4.78, 5) is 0. The molecule has 0 aliphatic heterocycles. The summed E-state index contributed by atoms with van der Waals surface area (Å²) in [5.74, 6) is 0.868. The van der Waals surface area contributed by atoms with Crippen molar-refractivity contribution in [2.24, 2.45) is 0 Å². The van der Waals surface area contributed by atoms with Crippen LogP contribution in [0.5, 0.6) is 0 Å². The highest BCUT2D eigenvalue weighted by atomic mass is 35.5. The van der Waals surface area contributed by atoms with E-state index in [0.717, 1.165) is 29.3 Å². The third-order valence-corrected chi connectivity index (χ3v) is 3.30. The molecule has 4 heteroatoms. The van der Waals surface area contributed by atoms with E-state index in [9.17, 15) is 0 Å². The Labute approximate surface area is 118 Å². The SMILES string of the molecule is CCCC(NCc1cc(C)no1)c1ccc(Cl)cc1. The lowest BCUT2D eigenvalue weighted by Crippen LogP contribution is -2.20. The molecule has 2 rings (SSSR count). The third kappa shape index (κ3) is 4.08. The molecular formula is C15H19ClN2O. The molecule has 0 aliphatic carbocycles. The number of nitrogens with zero attached hydrogens (tertiary/aromatic N) is 1. The average Bonchev–Trinajstić information content (AvgIpc) is 2.81. The predicted octanol–water partition coefficient (Wildman–Crippen LogP) is 4.27. The van der Waals surface area contributed by atoms with Gasteiger partial charge in [-0.15, -0.1) is 0 Å². The number of aryl methyl sites for hydroxylation is 1. The van der Waals surface area contributed by atoms with Crippen molar-refractivity contribution in [2.75, 3.05) is 0 Å². The second-order valence-corrected chi connectivity index (χ2v) is 5.14. The summed E-state index contributed by atoms with van der Waals surface area (Å²) in [5, 5.41) is 8.17. The van der Waals surface area contributed by atoms with Gasteiger partial charge in [-0.2, -0.15) is 0 Å². The molecule has 0 saturated heterocycles. The maximum Gasteiger partial charge on any atom is 0.150 e. The monoisotopic (exact) mass is 278 g/mol. The summed E-state index contributed by atoms with van der Waals surface area (Å²) in [6.45, 7) is 4.80. The van der Waals surface area contributed by atoms with Crippen LogP contribution in [-0.2, 0) is 6.54 Å². The standard InChI is InChI=1S/C15H19ClN2O/c1-3-4-15(12-5-7-13(16)8-6-12)17-10-14-9-11(2)18-19-14/h5-9,15,17H,3-4,10H2,1-2H3. The van der Waals surface area contributed by atoms with Gasteiger partial charge >= 0.3 is 0 Å². The van der Waals surface area contributed by atoms with Crippen LogP contribution >= 0.6 is 11.6 Å². The minimum atomic E-state index is 0.313. The first-order valence-electron chi connectivity index (χ1n) is 6.60. The fraction of sp³-hybridized carbons (Fsp3) is 0.400. The summed E-state index contributed by atoms with van der Waals surface area (Å²) in [6, 6.07) is 10.3. The summed E-state index contributed by atoms with van der Waals surface area (Å²) in [6.07, 6.45) is 2.20. The molecule has 0 aliphatic rings. The fourth-order valence-electron chi connectivity index (χ4n) is 2.09. The Hall–Kier alpha value is -1.32. The van der Waals surface area contributed by atoms with Crippen LogP contribution in [0.15, 0.2) is 34.9 Å². The van der Waals surface area contributed by atoms with Crippen LogP contribution in [0, 0.1) is 6.92 Å². The van der Waals surface area contributed by atoms with E-state index in [-0.39, 0.29) is 0 Å². The first kappa shape index (κ1) is 14.1. The van der Waals surface area contributed by atoms with E-state index < -0.39 is 0 Å². The van der Waals surface area contributed by atoms with Crippen LogP contribution in [-0.4, -0.2) is 5.16 Å². The van der Waals surface area contributed by atoms with E-state index in [2.05, 4.69) is 29.5 Å². The van der Waals surface area contributed by atoms with E-state index in [4.69, 9.17) is 16.1 Å². The van der Waals surface area contributed by atoms with Crippen molar-refractivity contribution in [1.82, 2.24) is 10.5 Å². The molecule has 1 unspecified atom stereocenters. The minimum Gasteiger partial charge on any atom is -0.360 e. The van der Waals surface area contributed by atoms with Crippen LogP contribution in [0.4, 0.5) is 0 Å². The quantitative estimate of drug-likeness (QED) is 0.858. The molecule has 102 valence electrons. The van der Waals surface area contributed by atoms with Crippen molar-refractivity contribution in [3.8, 4) is 0 Å². The highest BCUT2D eigenvalue weighted by molar-refractivity contribution is 6.30. The van der Waals surface area contributed by atoms with Crippen molar-refractivity contribution < 1.29 is 4.52 Å². The van der Waals surface area contributed by atoms with Gasteiger partial charge < -0.3 is 9.84 Å². The van der Waals surface area contributed by atoms with Gasteiger partial charge in [-0.1, -0.05) is 42.2 Å². The first-order valence-corrected chi connectivity index (χ1v) is 6.98. The van der Waals surface area contributed by atoms with Gasteiger partial charge in [-0.25, -0.2) is 0 Å². The summed E-state index contributed by atoms with van der Waals surface area (Å²) < 4.78 is 5.21. The molecule has 0 fully saturated rings. The molecule has 0 radical (unpaired) electrons. The molecule has 1 N–H and O–H groups in total. The van der Waals surface area contributed by atoms with Crippen molar-refractivity contribution in [3.63, 3.8) is 0 Å². The van der Waals surface area contributed by atoms with Gasteiger partial charge in [-0.05, 0) is 31.0 Å². The van der Waals surface area contributed by atoms with E-state index >= 15 is 0 Å². The van der Waals surface area contributed by atoms with Crippen LogP contribution < -0.4 is 5.32 Å². The molecule has 0 amide bonds. The number of hydrogen-bond donors (Lipinski definition) is 1. The summed E-state index contributed by atoms with van der Waals surface area (Å²) in [7, 11) is 0. The van der Waals surface area contributed by atoms with Gasteiger partial charge in [0.1, 0.15) is 0 Å². The molecule has 0 spiro atoms. The zero-order chi connectivity index (χ0) is 13.7. The Morgan fingerprint density at radius 2 is 2.05 bits per heavy atom. The maximum atomic E-state index is 5.93. The van der Waals surface area contributed by atoms with Crippen molar-refractivity contribution in [2.45, 2.75) is 39.3 Å². The zero-order valence-electron chi connectivity index (χ0n) is 11.3. The average molecular weight is 279 g/mol. The molecular weight excluding hydrogens is 260 g/mol. The van der Waals surface area contributed by atoms with Crippen LogP contribution in [0.3, 0.4) is 0 Å². The van der Waals surface area contributed by atoms with Crippen molar-refractivity contribution in [1.29, 1.82) is 0 Å². The lowest BCUT2D eigenvalue weighted by Gasteiger charge is -2.17. The predicted molar refractivity (Wildman–Crippen MR) is 77.2 cm³/mol. The van der Waals surface area contributed by atoms with Crippen molar-refractivity contribution in [3.05, 3.63) is 52.4 Å². The number of rotatable bonds is 6. The Morgan fingerprint density at radius 3 is 2.63 bits per heavy atom. The summed E-state index contributed by atoms with van der Waals surface area (Å²) in [5.41, 5.74) is 2.16.